The highest BCUT2D eigenvalue weighted by Gasteiger charge is 2.21. The van der Waals surface area contributed by atoms with E-state index in [1.54, 1.807) is 41.2 Å². The average molecular weight is 418 g/mol. The van der Waals surface area contributed by atoms with Crippen LogP contribution in [0.3, 0.4) is 0 Å². The van der Waals surface area contributed by atoms with E-state index in [0.29, 0.717) is 48.5 Å². The number of halogens is 1. The lowest BCUT2D eigenvalue weighted by Gasteiger charge is -2.21. The van der Waals surface area contributed by atoms with Gasteiger partial charge in [0.15, 0.2) is 17.3 Å². The van der Waals surface area contributed by atoms with Gasteiger partial charge in [-0.15, -0.1) is 0 Å². The Bertz CT molecular complexity index is 1000. The standard InChI is InChI=1S/C20H20ClN3O5/c1-26-7-6-23(10-14-2-4-17-19(8-14)28-13-27-17)20(25)18-5-3-16(29-18)12-24-11-15(21)9-22-24/h2-5,8-9,11H,6-7,10,12-13H2,1H3. The first-order chi connectivity index (χ1) is 14.1. The van der Waals surface area contributed by atoms with Gasteiger partial charge in [0.1, 0.15) is 5.76 Å². The first-order valence-electron chi connectivity index (χ1n) is 9.06. The maximum Gasteiger partial charge on any atom is 0.289 e. The minimum Gasteiger partial charge on any atom is -0.454 e. The molecular formula is C20H20ClN3O5. The Morgan fingerprint density at radius 1 is 1.28 bits per heavy atom. The average Bonchev–Trinajstić information content (AvgIpc) is 3.46. The van der Waals surface area contributed by atoms with Crippen LogP contribution in [0.15, 0.2) is 47.1 Å². The van der Waals surface area contributed by atoms with Crippen molar-refractivity contribution in [2.24, 2.45) is 0 Å². The van der Waals surface area contributed by atoms with Crippen LogP contribution >= 0.6 is 11.6 Å². The summed E-state index contributed by atoms with van der Waals surface area (Å²) in [7, 11) is 1.60. The molecule has 1 aliphatic rings. The number of nitrogens with zero attached hydrogens (tertiary/aromatic N) is 3. The molecule has 0 bridgehead atoms. The Kier molecular flexibility index (Phi) is 5.73. The molecule has 0 unspecified atom stereocenters. The molecule has 4 rings (SSSR count). The van der Waals surface area contributed by atoms with E-state index < -0.39 is 0 Å². The number of methoxy groups -OCH3 is 1. The van der Waals surface area contributed by atoms with Gasteiger partial charge in [0.05, 0.1) is 24.4 Å². The van der Waals surface area contributed by atoms with E-state index >= 15 is 0 Å². The van der Waals surface area contributed by atoms with E-state index in [9.17, 15) is 4.79 Å². The van der Waals surface area contributed by atoms with Crippen molar-refractivity contribution in [3.8, 4) is 11.5 Å². The van der Waals surface area contributed by atoms with E-state index in [0.717, 1.165) is 5.56 Å². The molecular weight excluding hydrogens is 398 g/mol. The Hall–Kier alpha value is -2.97. The van der Waals surface area contributed by atoms with Crippen molar-refractivity contribution in [1.82, 2.24) is 14.7 Å². The highest BCUT2D eigenvalue weighted by atomic mass is 35.5. The molecule has 0 fully saturated rings. The molecule has 0 saturated heterocycles. The quantitative estimate of drug-likeness (QED) is 0.560. The van der Waals surface area contributed by atoms with Gasteiger partial charge >= 0.3 is 0 Å². The monoisotopic (exact) mass is 417 g/mol. The van der Waals surface area contributed by atoms with Gasteiger partial charge in [-0.1, -0.05) is 17.7 Å². The molecule has 0 N–H and O–H groups in total. The number of amides is 1. The van der Waals surface area contributed by atoms with Crippen LogP contribution in [0.5, 0.6) is 11.5 Å². The van der Waals surface area contributed by atoms with E-state index in [1.807, 2.05) is 18.2 Å². The molecule has 3 heterocycles. The number of carbonyl (C=O) groups excluding carboxylic acids is 1. The summed E-state index contributed by atoms with van der Waals surface area (Å²) in [6, 6.07) is 9.07. The Balaban J connectivity index is 1.48. The molecule has 0 spiro atoms. The number of rotatable bonds is 8. The molecule has 8 nitrogen and oxygen atoms in total. The van der Waals surface area contributed by atoms with Crippen LogP contribution in [0.2, 0.25) is 5.02 Å². The SMILES string of the molecule is COCCN(Cc1ccc2c(c1)OCO2)C(=O)c1ccc(Cn2cc(Cl)cn2)o1. The normalized spacial score (nSPS) is 12.3. The number of aromatic nitrogens is 2. The van der Waals surface area contributed by atoms with Gasteiger partial charge in [-0.2, -0.15) is 5.10 Å². The minimum absolute atomic E-state index is 0.210. The summed E-state index contributed by atoms with van der Waals surface area (Å²) in [5.74, 6) is 2.04. The van der Waals surface area contributed by atoms with Gasteiger partial charge in [0.2, 0.25) is 6.79 Å². The van der Waals surface area contributed by atoms with Crippen molar-refractivity contribution in [3.63, 3.8) is 0 Å². The summed E-state index contributed by atoms with van der Waals surface area (Å²) in [6.07, 6.45) is 3.24. The van der Waals surface area contributed by atoms with Crippen molar-refractivity contribution < 1.29 is 23.4 Å². The molecule has 0 saturated carbocycles. The van der Waals surface area contributed by atoms with Gasteiger partial charge < -0.3 is 23.5 Å². The van der Waals surface area contributed by atoms with Crippen LogP contribution in [0, 0.1) is 0 Å². The third-order valence-corrected chi connectivity index (χ3v) is 4.65. The number of carbonyl (C=O) groups is 1. The molecule has 29 heavy (non-hydrogen) atoms. The third-order valence-electron chi connectivity index (χ3n) is 4.45. The molecule has 2 aromatic heterocycles. The number of ether oxygens (including phenoxy) is 3. The number of fused-ring (bicyclic) bond motifs is 1. The Morgan fingerprint density at radius 2 is 2.14 bits per heavy atom. The van der Waals surface area contributed by atoms with Gasteiger partial charge in [0.25, 0.3) is 5.91 Å². The predicted molar refractivity (Wildman–Crippen MR) is 104 cm³/mol. The molecule has 9 heteroatoms. The van der Waals surface area contributed by atoms with Crippen molar-refractivity contribution in [2.75, 3.05) is 27.1 Å². The van der Waals surface area contributed by atoms with Crippen molar-refractivity contribution in [2.45, 2.75) is 13.1 Å². The zero-order chi connectivity index (χ0) is 20.2. The molecule has 1 aromatic carbocycles. The first-order valence-corrected chi connectivity index (χ1v) is 9.43. The summed E-state index contributed by atoms with van der Waals surface area (Å²) in [5, 5.41) is 4.66. The molecule has 0 aliphatic carbocycles. The molecule has 0 atom stereocenters. The second-order valence-electron chi connectivity index (χ2n) is 6.53. The smallest absolute Gasteiger partial charge is 0.289 e. The van der Waals surface area contributed by atoms with E-state index in [-0.39, 0.29) is 18.5 Å². The summed E-state index contributed by atoms with van der Waals surface area (Å²) in [4.78, 5) is 14.7. The number of furan rings is 1. The van der Waals surface area contributed by atoms with Crippen molar-refractivity contribution >= 4 is 17.5 Å². The minimum atomic E-state index is -0.218. The topological polar surface area (TPSA) is 79.0 Å². The van der Waals surface area contributed by atoms with Crippen LogP contribution in [-0.4, -0.2) is 47.6 Å². The van der Waals surface area contributed by atoms with Gasteiger partial charge in [0, 0.05) is 26.4 Å². The number of hydrogen-bond acceptors (Lipinski definition) is 6. The molecule has 3 aromatic rings. The van der Waals surface area contributed by atoms with Gasteiger partial charge in [-0.25, -0.2) is 0 Å². The lowest BCUT2D eigenvalue weighted by molar-refractivity contribution is 0.0647. The zero-order valence-corrected chi connectivity index (χ0v) is 16.6. The molecule has 0 radical (unpaired) electrons. The first kappa shape index (κ1) is 19.4. The van der Waals surface area contributed by atoms with Crippen molar-refractivity contribution in [1.29, 1.82) is 0 Å². The van der Waals surface area contributed by atoms with Crippen LogP contribution in [0.25, 0.3) is 0 Å². The lowest BCUT2D eigenvalue weighted by Crippen LogP contribution is -2.33. The van der Waals surface area contributed by atoms with Crippen LogP contribution in [0.4, 0.5) is 0 Å². The maximum absolute atomic E-state index is 13.0. The van der Waals surface area contributed by atoms with Gasteiger partial charge in [-0.05, 0) is 29.8 Å². The summed E-state index contributed by atoms with van der Waals surface area (Å²) >= 11 is 5.88. The highest BCUT2D eigenvalue weighted by molar-refractivity contribution is 6.30. The largest absolute Gasteiger partial charge is 0.454 e. The van der Waals surface area contributed by atoms with Crippen LogP contribution in [0.1, 0.15) is 21.9 Å². The highest BCUT2D eigenvalue weighted by Crippen LogP contribution is 2.33. The van der Waals surface area contributed by atoms with Crippen molar-refractivity contribution in [3.05, 3.63) is 64.8 Å². The maximum atomic E-state index is 13.0. The summed E-state index contributed by atoms with van der Waals surface area (Å²) in [5.41, 5.74) is 0.927. The van der Waals surface area contributed by atoms with Gasteiger partial charge in [-0.3, -0.25) is 9.48 Å². The molecule has 1 amide bonds. The van der Waals surface area contributed by atoms with Crippen LogP contribution in [-0.2, 0) is 17.8 Å². The molecule has 1 aliphatic heterocycles. The predicted octanol–water partition coefficient (Wildman–Crippen LogP) is 3.20. The Labute approximate surface area is 172 Å². The second kappa shape index (κ2) is 8.59. The fourth-order valence-electron chi connectivity index (χ4n) is 3.03. The van der Waals surface area contributed by atoms with E-state index in [2.05, 4.69) is 5.10 Å². The Morgan fingerprint density at radius 3 is 2.93 bits per heavy atom. The van der Waals surface area contributed by atoms with E-state index in [4.69, 9.17) is 30.2 Å². The number of hydrogen-bond donors (Lipinski definition) is 0. The summed E-state index contributed by atoms with van der Waals surface area (Å²) < 4.78 is 23.3. The van der Waals surface area contributed by atoms with Crippen LogP contribution < -0.4 is 9.47 Å². The molecule has 152 valence electrons. The van der Waals surface area contributed by atoms with E-state index in [1.165, 1.54) is 0 Å². The summed E-state index contributed by atoms with van der Waals surface area (Å²) in [6.45, 7) is 1.83. The third kappa shape index (κ3) is 4.55. The fraction of sp³-hybridized carbons (Fsp3) is 0.300. The second-order valence-corrected chi connectivity index (χ2v) is 6.97. The zero-order valence-electron chi connectivity index (χ0n) is 15.8. The lowest BCUT2D eigenvalue weighted by atomic mass is 10.2. The fourth-order valence-corrected chi connectivity index (χ4v) is 3.19. The number of benzene rings is 1.